The lowest BCUT2D eigenvalue weighted by Crippen LogP contribution is -2.57. The second-order valence-electron chi connectivity index (χ2n) is 4.52. The summed E-state index contributed by atoms with van der Waals surface area (Å²) in [6.07, 6.45) is 2.02. The predicted octanol–water partition coefficient (Wildman–Crippen LogP) is 0.0984. The lowest BCUT2D eigenvalue weighted by atomic mass is 10.0. The zero-order valence-electron chi connectivity index (χ0n) is 10.7. The van der Waals surface area contributed by atoms with Crippen molar-refractivity contribution in [1.82, 2.24) is 10.2 Å². The maximum Gasteiger partial charge on any atom is 0.242 e. The fraction of sp³-hybridized carbons (Fsp3) is 0.833. The van der Waals surface area contributed by atoms with Crippen molar-refractivity contribution in [2.45, 2.75) is 39.2 Å². The normalized spacial score (nSPS) is 22.2. The Morgan fingerprint density at radius 3 is 2.82 bits per heavy atom. The van der Waals surface area contributed by atoms with Gasteiger partial charge in [0.1, 0.15) is 6.04 Å². The van der Waals surface area contributed by atoms with Gasteiger partial charge in [-0.25, -0.2) is 0 Å². The van der Waals surface area contributed by atoms with Gasteiger partial charge in [0.05, 0.1) is 0 Å². The summed E-state index contributed by atoms with van der Waals surface area (Å²) in [7, 11) is 0. The predicted molar refractivity (Wildman–Crippen MR) is 66.3 cm³/mol. The molecule has 0 aromatic carbocycles. The van der Waals surface area contributed by atoms with Gasteiger partial charge in [0.2, 0.25) is 11.8 Å². The lowest BCUT2D eigenvalue weighted by Gasteiger charge is -2.35. The van der Waals surface area contributed by atoms with E-state index in [4.69, 9.17) is 5.73 Å². The van der Waals surface area contributed by atoms with Gasteiger partial charge in [0, 0.05) is 19.5 Å². The van der Waals surface area contributed by atoms with Gasteiger partial charge in [-0.15, -0.1) is 0 Å². The average Bonchev–Trinajstić information content (AvgIpc) is 2.35. The minimum absolute atomic E-state index is 0.0344. The molecule has 1 aliphatic rings. The van der Waals surface area contributed by atoms with Gasteiger partial charge in [-0.1, -0.05) is 20.3 Å². The molecular formula is C12H23N3O2. The van der Waals surface area contributed by atoms with Crippen LogP contribution in [-0.4, -0.2) is 42.4 Å². The Labute approximate surface area is 103 Å². The molecule has 2 amide bonds. The van der Waals surface area contributed by atoms with E-state index >= 15 is 0 Å². The van der Waals surface area contributed by atoms with Gasteiger partial charge in [0.25, 0.3) is 0 Å². The highest BCUT2D eigenvalue weighted by Crippen LogP contribution is 2.14. The van der Waals surface area contributed by atoms with Crippen LogP contribution in [0.4, 0.5) is 0 Å². The van der Waals surface area contributed by atoms with E-state index in [1.807, 2.05) is 13.8 Å². The van der Waals surface area contributed by atoms with E-state index in [9.17, 15) is 9.59 Å². The Balaban J connectivity index is 2.62. The number of nitrogens with zero attached hydrogens (tertiary/aromatic N) is 1. The summed E-state index contributed by atoms with van der Waals surface area (Å²) >= 11 is 0. The van der Waals surface area contributed by atoms with Gasteiger partial charge in [0.15, 0.2) is 0 Å². The van der Waals surface area contributed by atoms with Crippen LogP contribution in [0, 0.1) is 5.92 Å². The van der Waals surface area contributed by atoms with Crippen LogP contribution in [0.15, 0.2) is 0 Å². The quantitative estimate of drug-likeness (QED) is 0.716. The molecule has 1 aliphatic heterocycles. The molecule has 2 atom stereocenters. The highest BCUT2D eigenvalue weighted by Gasteiger charge is 2.31. The molecule has 1 rings (SSSR count). The Morgan fingerprint density at radius 2 is 2.29 bits per heavy atom. The second-order valence-corrected chi connectivity index (χ2v) is 4.52. The van der Waals surface area contributed by atoms with Crippen molar-refractivity contribution in [3.63, 3.8) is 0 Å². The minimum atomic E-state index is -0.300. The van der Waals surface area contributed by atoms with Gasteiger partial charge in [-0.05, 0) is 18.9 Å². The first kappa shape index (κ1) is 14.0. The summed E-state index contributed by atoms with van der Waals surface area (Å²) in [6.45, 7) is 5.66. The van der Waals surface area contributed by atoms with Gasteiger partial charge in [-0.2, -0.15) is 0 Å². The summed E-state index contributed by atoms with van der Waals surface area (Å²) in [6, 6.07) is -0.300. The number of nitrogens with two attached hydrogens (primary N) is 1. The molecule has 0 aliphatic carbocycles. The number of carbonyl (C=O) groups excluding carboxylic acids is 2. The van der Waals surface area contributed by atoms with E-state index in [1.165, 1.54) is 0 Å². The first-order valence-corrected chi connectivity index (χ1v) is 6.41. The fourth-order valence-corrected chi connectivity index (χ4v) is 2.18. The van der Waals surface area contributed by atoms with Crippen molar-refractivity contribution in [2.24, 2.45) is 11.7 Å². The van der Waals surface area contributed by atoms with Crippen molar-refractivity contribution < 1.29 is 9.59 Å². The Morgan fingerprint density at radius 1 is 1.59 bits per heavy atom. The van der Waals surface area contributed by atoms with Crippen LogP contribution in [0.3, 0.4) is 0 Å². The lowest BCUT2D eigenvalue weighted by molar-refractivity contribution is -0.144. The number of piperazine rings is 1. The summed E-state index contributed by atoms with van der Waals surface area (Å²) in [5.74, 6) is 0.252. The zero-order chi connectivity index (χ0) is 12.8. The molecule has 17 heavy (non-hydrogen) atoms. The Bertz CT molecular complexity index is 277. The first-order valence-electron chi connectivity index (χ1n) is 6.41. The fourth-order valence-electron chi connectivity index (χ4n) is 2.18. The maximum absolute atomic E-state index is 12.1. The molecule has 1 saturated heterocycles. The smallest absolute Gasteiger partial charge is 0.242 e. The highest BCUT2D eigenvalue weighted by molar-refractivity contribution is 5.88. The molecule has 1 fully saturated rings. The molecule has 0 spiro atoms. The largest absolute Gasteiger partial charge is 0.353 e. The molecule has 5 heteroatoms. The third-order valence-electron chi connectivity index (χ3n) is 3.41. The summed E-state index contributed by atoms with van der Waals surface area (Å²) in [5, 5.41) is 2.79. The summed E-state index contributed by atoms with van der Waals surface area (Å²) < 4.78 is 0. The Hall–Kier alpha value is -1.10. The summed E-state index contributed by atoms with van der Waals surface area (Å²) in [5.41, 5.74) is 5.61. The van der Waals surface area contributed by atoms with Crippen LogP contribution in [0.5, 0.6) is 0 Å². The molecular weight excluding hydrogens is 218 g/mol. The van der Waals surface area contributed by atoms with Crippen LogP contribution in [0.2, 0.25) is 0 Å². The third-order valence-corrected chi connectivity index (χ3v) is 3.41. The molecule has 0 bridgehead atoms. The minimum Gasteiger partial charge on any atom is -0.353 e. The maximum atomic E-state index is 12.1. The number of rotatable bonds is 5. The Kier molecular flexibility index (Phi) is 5.41. The standard InChI is InChI=1S/C12H23N3O2/c1-3-9(8-13)7-11(16)15-6-5-14-12(17)10(15)4-2/h9-10H,3-8,13H2,1-2H3,(H,14,17). The van der Waals surface area contributed by atoms with Crippen molar-refractivity contribution in [3.05, 3.63) is 0 Å². The molecule has 3 N–H and O–H groups in total. The molecule has 5 nitrogen and oxygen atoms in total. The number of hydrogen-bond acceptors (Lipinski definition) is 3. The van der Waals surface area contributed by atoms with Gasteiger partial charge in [-0.3, -0.25) is 9.59 Å². The van der Waals surface area contributed by atoms with Gasteiger partial charge < -0.3 is 16.0 Å². The second kappa shape index (κ2) is 6.59. The molecule has 2 unspecified atom stereocenters. The van der Waals surface area contributed by atoms with Crippen molar-refractivity contribution in [3.8, 4) is 0 Å². The van der Waals surface area contributed by atoms with E-state index < -0.39 is 0 Å². The third kappa shape index (κ3) is 3.43. The monoisotopic (exact) mass is 241 g/mol. The molecule has 0 aromatic heterocycles. The number of carbonyl (C=O) groups is 2. The van der Waals surface area contributed by atoms with Crippen LogP contribution < -0.4 is 11.1 Å². The SMILES string of the molecule is CCC(CN)CC(=O)N1CCNC(=O)C1CC. The summed E-state index contributed by atoms with van der Waals surface area (Å²) in [4.78, 5) is 25.5. The van der Waals surface area contributed by atoms with Crippen LogP contribution in [0.1, 0.15) is 33.1 Å². The van der Waals surface area contributed by atoms with Crippen LogP contribution in [0.25, 0.3) is 0 Å². The van der Waals surface area contributed by atoms with E-state index in [2.05, 4.69) is 5.32 Å². The van der Waals surface area contributed by atoms with Gasteiger partial charge >= 0.3 is 0 Å². The molecule has 0 radical (unpaired) electrons. The first-order chi connectivity index (χ1) is 8.13. The number of amides is 2. The van der Waals surface area contributed by atoms with E-state index in [0.29, 0.717) is 32.5 Å². The number of nitrogens with one attached hydrogen (secondary N) is 1. The number of hydrogen-bond donors (Lipinski definition) is 2. The van der Waals surface area contributed by atoms with E-state index in [-0.39, 0.29) is 23.8 Å². The van der Waals surface area contributed by atoms with Crippen molar-refractivity contribution in [1.29, 1.82) is 0 Å². The molecule has 98 valence electrons. The van der Waals surface area contributed by atoms with E-state index in [0.717, 1.165) is 6.42 Å². The van der Waals surface area contributed by atoms with Crippen LogP contribution in [-0.2, 0) is 9.59 Å². The zero-order valence-corrected chi connectivity index (χ0v) is 10.7. The molecule has 0 aromatic rings. The average molecular weight is 241 g/mol. The van der Waals surface area contributed by atoms with E-state index in [1.54, 1.807) is 4.90 Å². The topological polar surface area (TPSA) is 75.4 Å². The molecule has 0 saturated carbocycles. The van der Waals surface area contributed by atoms with Crippen molar-refractivity contribution >= 4 is 11.8 Å². The highest BCUT2D eigenvalue weighted by atomic mass is 16.2. The molecule has 1 heterocycles. The van der Waals surface area contributed by atoms with Crippen molar-refractivity contribution in [2.75, 3.05) is 19.6 Å². The van der Waals surface area contributed by atoms with Crippen LogP contribution >= 0.6 is 0 Å².